The number of anilines is 3. The predicted octanol–water partition coefficient (Wildman–Crippen LogP) is 4.34. The number of amides is 1. The SMILES string of the molecule is CN(Cc1ccccc1NCC(=O)Nc1ccc(N2CCOCC2)cc1)C1CCCCC1. The van der Waals surface area contributed by atoms with Crippen LogP contribution in [0.2, 0.25) is 0 Å². The van der Waals surface area contributed by atoms with Gasteiger partial charge in [0.25, 0.3) is 0 Å². The lowest BCUT2D eigenvalue weighted by atomic mass is 9.94. The van der Waals surface area contributed by atoms with Crippen molar-refractivity contribution in [1.82, 2.24) is 4.90 Å². The number of carbonyl (C=O) groups is 1. The molecule has 0 bridgehead atoms. The molecule has 0 spiro atoms. The third-order valence-electron chi connectivity index (χ3n) is 6.60. The van der Waals surface area contributed by atoms with Gasteiger partial charge in [-0.05, 0) is 55.8 Å². The van der Waals surface area contributed by atoms with E-state index in [0.717, 1.165) is 44.2 Å². The van der Waals surface area contributed by atoms with Crippen molar-refractivity contribution in [3.8, 4) is 0 Å². The Balaban J connectivity index is 1.28. The van der Waals surface area contributed by atoms with Crippen LogP contribution in [0.25, 0.3) is 0 Å². The van der Waals surface area contributed by atoms with Gasteiger partial charge in [0, 0.05) is 42.7 Å². The summed E-state index contributed by atoms with van der Waals surface area (Å²) in [5.74, 6) is -0.0421. The van der Waals surface area contributed by atoms with Gasteiger partial charge in [0.1, 0.15) is 0 Å². The largest absolute Gasteiger partial charge is 0.378 e. The molecule has 1 saturated carbocycles. The first kappa shape index (κ1) is 22.6. The van der Waals surface area contributed by atoms with Crippen LogP contribution in [0.1, 0.15) is 37.7 Å². The highest BCUT2D eigenvalue weighted by molar-refractivity contribution is 5.94. The Hall–Kier alpha value is -2.57. The molecule has 2 aromatic rings. The smallest absolute Gasteiger partial charge is 0.243 e. The van der Waals surface area contributed by atoms with Gasteiger partial charge in [-0.2, -0.15) is 0 Å². The van der Waals surface area contributed by atoms with E-state index in [0.29, 0.717) is 6.04 Å². The molecular formula is C26H36N4O2. The Bertz CT molecular complexity index is 858. The maximum absolute atomic E-state index is 12.5. The summed E-state index contributed by atoms with van der Waals surface area (Å²) in [5, 5.41) is 6.34. The Morgan fingerprint density at radius 3 is 2.50 bits per heavy atom. The van der Waals surface area contributed by atoms with Gasteiger partial charge in [-0.1, -0.05) is 37.5 Å². The molecule has 1 saturated heterocycles. The molecule has 0 radical (unpaired) electrons. The summed E-state index contributed by atoms with van der Waals surface area (Å²) < 4.78 is 5.41. The van der Waals surface area contributed by atoms with E-state index in [-0.39, 0.29) is 12.5 Å². The fraction of sp³-hybridized carbons (Fsp3) is 0.500. The molecule has 1 aliphatic heterocycles. The summed E-state index contributed by atoms with van der Waals surface area (Å²) >= 11 is 0. The number of para-hydroxylation sites is 1. The first-order valence-electron chi connectivity index (χ1n) is 11.9. The van der Waals surface area contributed by atoms with Crippen LogP contribution in [0, 0.1) is 0 Å². The van der Waals surface area contributed by atoms with E-state index in [9.17, 15) is 4.79 Å². The summed E-state index contributed by atoms with van der Waals surface area (Å²) in [6, 6.07) is 17.0. The number of morpholine rings is 1. The Labute approximate surface area is 191 Å². The van der Waals surface area contributed by atoms with Gasteiger partial charge in [0.2, 0.25) is 5.91 Å². The van der Waals surface area contributed by atoms with Gasteiger partial charge >= 0.3 is 0 Å². The molecule has 2 N–H and O–H groups in total. The van der Waals surface area contributed by atoms with Crippen LogP contribution in [0.15, 0.2) is 48.5 Å². The average molecular weight is 437 g/mol. The molecule has 2 aromatic carbocycles. The van der Waals surface area contributed by atoms with Crippen LogP contribution in [-0.2, 0) is 16.1 Å². The first-order chi connectivity index (χ1) is 15.7. The number of nitrogens with one attached hydrogen (secondary N) is 2. The molecule has 0 unspecified atom stereocenters. The van der Waals surface area contributed by atoms with Crippen molar-refractivity contribution < 1.29 is 9.53 Å². The van der Waals surface area contributed by atoms with Gasteiger partial charge in [0.05, 0.1) is 19.8 Å². The number of ether oxygens (including phenoxy) is 1. The average Bonchev–Trinajstić information content (AvgIpc) is 2.85. The molecule has 4 rings (SSSR count). The van der Waals surface area contributed by atoms with Gasteiger partial charge in [-0.3, -0.25) is 9.69 Å². The fourth-order valence-electron chi connectivity index (χ4n) is 4.71. The lowest BCUT2D eigenvalue weighted by Crippen LogP contribution is -2.36. The van der Waals surface area contributed by atoms with Crippen molar-refractivity contribution in [2.75, 3.05) is 55.4 Å². The van der Waals surface area contributed by atoms with Gasteiger partial charge in [-0.15, -0.1) is 0 Å². The molecule has 0 aromatic heterocycles. The predicted molar refractivity (Wildman–Crippen MR) is 131 cm³/mol. The summed E-state index contributed by atoms with van der Waals surface area (Å²) in [5.41, 5.74) is 4.26. The van der Waals surface area contributed by atoms with Crippen LogP contribution in [0.3, 0.4) is 0 Å². The molecule has 6 nitrogen and oxygen atoms in total. The zero-order valence-electron chi connectivity index (χ0n) is 19.2. The number of carbonyl (C=O) groups excluding carboxylic acids is 1. The molecular weight excluding hydrogens is 400 g/mol. The summed E-state index contributed by atoms with van der Waals surface area (Å²) in [4.78, 5) is 17.3. The van der Waals surface area contributed by atoms with E-state index in [4.69, 9.17) is 4.74 Å². The number of hydrogen-bond acceptors (Lipinski definition) is 5. The van der Waals surface area contributed by atoms with Crippen molar-refractivity contribution in [3.05, 3.63) is 54.1 Å². The second-order valence-electron chi connectivity index (χ2n) is 8.91. The molecule has 0 atom stereocenters. The molecule has 2 fully saturated rings. The zero-order valence-corrected chi connectivity index (χ0v) is 19.2. The Kier molecular flexibility index (Phi) is 8.02. The van der Waals surface area contributed by atoms with Gasteiger partial charge < -0.3 is 20.3 Å². The van der Waals surface area contributed by atoms with E-state index in [1.165, 1.54) is 43.4 Å². The fourth-order valence-corrected chi connectivity index (χ4v) is 4.71. The molecule has 6 heteroatoms. The van der Waals surface area contributed by atoms with Crippen LogP contribution >= 0.6 is 0 Å². The maximum atomic E-state index is 12.5. The van der Waals surface area contributed by atoms with Gasteiger partial charge in [0.15, 0.2) is 0 Å². The van der Waals surface area contributed by atoms with Crippen molar-refractivity contribution >= 4 is 23.0 Å². The molecule has 1 amide bonds. The Morgan fingerprint density at radius 1 is 1.03 bits per heavy atom. The number of nitrogens with zero attached hydrogens (tertiary/aromatic N) is 2. The minimum Gasteiger partial charge on any atom is -0.378 e. The van der Waals surface area contributed by atoms with Crippen molar-refractivity contribution in [2.45, 2.75) is 44.7 Å². The van der Waals surface area contributed by atoms with E-state index in [1.807, 2.05) is 18.2 Å². The topological polar surface area (TPSA) is 56.8 Å². The molecule has 32 heavy (non-hydrogen) atoms. The Morgan fingerprint density at radius 2 is 1.75 bits per heavy atom. The second kappa shape index (κ2) is 11.3. The standard InChI is InChI=1S/C26H36N4O2/c1-29(23-8-3-2-4-9-23)20-21-7-5-6-10-25(21)27-19-26(31)28-22-11-13-24(14-12-22)30-15-17-32-18-16-30/h5-7,10-14,23,27H,2-4,8-9,15-20H2,1H3,(H,28,31). The number of hydrogen-bond donors (Lipinski definition) is 2. The minimum absolute atomic E-state index is 0.0421. The van der Waals surface area contributed by atoms with Crippen molar-refractivity contribution in [1.29, 1.82) is 0 Å². The quantitative estimate of drug-likeness (QED) is 0.645. The van der Waals surface area contributed by atoms with E-state index < -0.39 is 0 Å². The third-order valence-corrected chi connectivity index (χ3v) is 6.60. The van der Waals surface area contributed by atoms with Crippen molar-refractivity contribution in [2.24, 2.45) is 0 Å². The van der Waals surface area contributed by atoms with Crippen LogP contribution in [0.4, 0.5) is 17.1 Å². The lowest BCUT2D eigenvalue weighted by Gasteiger charge is -2.31. The number of benzene rings is 2. The summed E-state index contributed by atoms with van der Waals surface area (Å²) in [6.45, 7) is 4.49. The molecule has 172 valence electrons. The van der Waals surface area contributed by atoms with Crippen LogP contribution < -0.4 is 15.5 Å². The summed E-state index contributed by atoms with van der Waals surface area (Å²) in [7, 11) is 2.22. The van der Waals surface area contributed by atoms with E-state index in [1.54, 1.807) is 0 Å². The van der Waals surface area contributed by atoms with Crippen molar-refractivity contribution in [3.63, 3.8) is 0 Å². The van der Waals surface area contributed by atoms with Gasteiger partial charge in [-0.25, -0.2) is 0 Å². The summed E-state index contributed by atoms with van der Waals surface area (Å²) in [6.07, 6.45) is 6.62. The highest BCUT2D eigenvalue weighted by Crippen LogP contribution is 2.25. The monoisotopic (exact) mass is 436 g/mol. The normalized spacial score (nSPS) is 17.4. The highest BCUT2D eigenvalue weighted by atomic mass is 16.5. The van der Waals surface area contributed by atoms with E-state index >= 15 is 0 Å². The van der Waals surface area contributed by atoms with Crippen LogP contribution in [-0.4, -0.2) is 56.7 Å². The molecule has 1 aliphatic carbocycles. The zero-order chi connectivity index (χ0) is 22.2. The lowest BCUT2D eigenvalue weighted by molar-refractivity contribution is -0.114. The molecule has 2 aliphatic rings. The highest BCUT2D eigenvalue weighted by Gasteiger charge is 2.19. The third kappa shape index (κ3) is 6.24. The minimum atomic E-state index is -0.0421. The number of rotatable bonds is 8. The van der Waals surface area contributed by atoms with Crippen LogP contribution in [0.5, 0.6) is 0 Å². The first-order valence-corrected chi connectivity index (χ1v) is 11.9. The molecule has 1 heterocycles. The second-order valence-corrected chi connectivity index (χ2v) is 8.91. The van der Waals surface area contributed by atoms with E-state index in [2.05, 4.69) is 57.8 Å². The maximum Gasteiger partial charge on any atom is 0.243 e.